The molecule has 6 heteroatoms. The van der Waals surface area contributed by atoms with E-state index in [4.69, 9.17) is 9.47 Å². The second kappa shape index (κ2) is 8.04. The van der Waals surface area contributed by atoms with Gasteiger partial charge in [0.2, 0.25) is 5.91 Å². The molecule has 0 aromatic rings. The summed E-state index contributed by atoms with van der Waals surface area (Å²) in [6, 6.07) is -0.428. The Morgan fingerprint density at radius 3 is 2.44 bits per heavy atom. The van der Waals surface area contributed by atoms with Crippen molar-refractivity contribution < 1.29 is 19.1 Å². The first-order valence-electron chi connectivity index (χ1n) is 8.60. The topological polar surface area (TPSA) is 59.1 Å². The van der Waals surface area contributed by atoms with E-state index in [0.29, 0.717) is 19.6 Å². The summed E-state index contributed by atoms with van der Waals surface area (Å²) in [5.74, 6) is -0.0632. The highest BCUT2D eigenvalue weighted by Crippen LogP contribution is 2.32. The average molecular weight is 352 g/mol. The van der Waals surface area contributed by atoms with Gasteiger partial charge < -0.3 is 14.4 Å². The monoisotopic (exact) mass is 352 g/mol. The first kappa shape index (κ1) is 21.2. The molecule has 2 amide bonds. The number of nitrogens with zero attached hydrogens (tertiary/aromatic N) is 2. The van der Waals surface area contributed by atoms with Crippen molar-refractivity contribution in [2.24, 2.45) is 0 Å². The lowest BCUT2D eigenvalue weighted by molar-refractivity contribution is -0.129. The van der Waals surface area contributed by atoms with Crippen LogP contribution in [0.3, 0.4) is 0 Å². The predicted molar refractivity (Wildman–Crippen MR) is 98.1 cm³/mol. The van der Waals surface area contributed by atoms with Crippen molar-refractivity contribution in [3.8, 4) is 0 Å². The lowest BCUT2D eigenvalue weighted by atomic mass is 10.0. The summed E-state index contributed by atoms with van der Waals surface area (Å²) in [5, 5.41) is 0. The van der Waals surface area contributed by atoms with Gasteiger partial charge >= 0.3 is 6.09 Å². The Bertz CT molecular complexity index is 522. The number of carbonyl (C=O) groups excluding carboxylic acids is 2. The number of hydrogen-bond donors (Lipinski definition) is 0. The van der Waals surface area contributed by atoms with E-state index in [1.807, 2.05) is 34.6 Å². The van der Waals surface area contributed by atoms with Crippen LogP contribution in [-0.4, -0.2) is 58.4 Å². The van der Waals surface area contributed by atoms with Crippen molar-refractivity contribution >= 4 is 12.0 Å². The van der Waals surface area contributed by atoms with Gasteiger partial charge in [0.05, 0.1) is 18.7 Å². The fraction of sp³-hybridized carbons (Fsp3) is 0.684. The molecule has 1 aliphatic rings. The lowest BCUT2D eigenvalue weighted by Crippen LogP contribution is -2.51. The highest BCUT2D eigenvalue weighted by atomic mass is 16.6. The van der Waals surface area contributed by atoms with Crippen molar-refractivity contribution in [3.63, 3.8) is 0 Å². The van der Waals surface area contributed by atoms with E-state index in [9.17, 15) is 9.59 Å². The summed E-state index contributed by atoms with van der Waals surface area (Å²) >= 11 is 0. The van der Waals surface area contributed by atoms with E-state index >= 15 is 0 Å². The maximum atomic E-state index is 12.7. The molecule has 1 unspecified atom stereocenters. The van der Waals surface area contributed by atoms with E-state index in [2.05, 4.69) is 13.2 Å². The summed E-state index contributed by atoms with van der Waals surface area (Å²) in [5.41, 5.74) is -1.36. The maximum absolute atomic E-state index is 12.7. The second-order valence-electron chi connectivity index (χ2n) is 7.76. The number of hydrogen-bond acceptors (Lipinski definition) is 4. The quantitative estimate of drug-likeness (QED) is 0.688. The molecule has 0 radical (unpaired) electrons. The van der Waals surface area contributed by atoms with E-state index in [1.165, 1.54) is 6.92 Å². The van der Waals surface area contributed by atoms with Crippen LogP contribution in [0.15, 0.2) is 25.3 Å². The Morgan fingerprint density at radius 1 is 1.40 bits per heavy atom. The van der Waals surface area contributed by atoms with Gasteiger partial charge in [-0.3, -0.25) is 9.69 Å². The molecule has 0 aliphatic carbocycles. The molecule has 0 N–H and O–H groups in total. The number of carbonyl (C=O) groups is 2. The van der Waals surface area contributed by atoms with E-state index in [1.54, 1.807) is 22.0 Å². The molecule has 1 saturated heterocycles. The molecule has 6 nitrogen and oxygen atoms in total. The first-order chi connectivity index (χ1) is 11.4. The zero-order chi connectivity index (χ0) is 19.4. The molecule has 0 aromatic heterocycles. The van der Waals surface area contributed by atoms with Gasteiger partial charge in [-0.1, -0.05) is 12.2 Å². The van der Waals surface area contributed by atoms with E-state index < -0.39 is 17.4 Å². The molecule has 1 rings (SSSR count). The summed E-state index contributed by atoms with van der Waals surface area (Å²) < 4.78 is 11.4. The summed E-state index contributed by atoms with van der Waals surface area (Å²) in [7, 11) is 0. The Morgan fingerprint density at radius 2 is 2.00 bits per heavy atom. The van der Waals surface area contributed by atoms with Gasteiger partial charge in [0, 0.05) is 13.5 Å². The van der Waals surface area contributed by atoms with Crippen LogP contribution in [0.2, 0.25) is 0 Å². The molecule has 0 saturated carbocycles. The SMILES string of the molecule is C=CCN(C(C)=O)C(C=C)C[C@@H]1COC(C)(C)N1C(=O)OC(C)(C)C. The molecule has 142 valence electrons. The van der Waals surface area contributed by atoms with Crippen LogP contribution < -0.4 is 0 Å². The maximum Gasteiger partial charge on any atom is 0.412 e. The van der Waals surface area contributed by atoms with Gasteiger partial charge in [-0.05, 0) is 41.0 Å². The van der Waals surface area contributed by atoms with Crippen molar-refractivity contribution in [1.82, 2.24) is 9.80 Å². The van der Waals surface area contributed by atoms with Gasteiger partial charge in [0.25, 0.3) is 0 Å². The van der Waals surface area contributed by atoms with Gasteiger partial charge in [-0.15, -0.1) is 13.2 Å². The fourth-order valence-corrected chi connectivity index (χ4v) is 3.00. The van der Waals surface area contributed by atoms with Gasteiger partial charge in [-0.25, -0.2) is 4.79 Å². The standard InChI is InChI=1S/C19H32N2O4/c1-9-11-20(14(3)22)15(10-2)12-16-13-24-19(7,8)21(16)17(23)25-18(4,5)6/h9-10,15-16H,1-2,11-13H2,3-8H3/t15?,16-/m1/s1. The minimum absolute atomic E-state index is 0.0632. The van der Waals surface area contributed by atoms with E-state index in [-0.39, 0.29) is 18.0 Å². The Balaban J connectivity index is 3.00. The normalized spacial score (nSPS) is 20.7. The van der Waals surface area contributed by atoms with Crippen molar-refractivity contribution in [2.45, 2.75) is 71.4 Å². The highest BCUT2D eigenvalue weighted by Gasteiger charge is 2.46. The number of amides is 2. The van der Waals surface area contributed by atoms with E-state index in [0.717, 1.165) is 0 Å². The van der Waals surface area contributed by atoms with Gasteiger partial charge in [0.1, 0.15) is 11.3 Å². The molecular weight excluding hydrogens is 320 g/mol. The van der Waals surface area contributed by atoms with Crippen LogP contribution in [0.4, 0.5) is 4.79 Å². The second-order valence-corrected chi connectivity index (χ2v) is 7.76. The minimum Gasteiger partial charge on any atom is -0.444 e. The van der Waals surface area contributed by atoms with Crippen LogP contribution >= 0.6 is 0 Å². The first-order valence-corrected chi connectivity index (χ1v) is 8.60. The number of ether oxygens (including phenoxy) is 2. The molecule has 1 heterocycles. The molecule has 0 aromatic carbocycles. The van der Waals surface area contributed by atoms with Crippen LogP contribution in [0.5, 0.6) is 0 Å². The van der Waals surface area contributed by atoms with Gasteiger partial charge in [0.15, 0.2) is 0 Å². The Labute approximate surface area is 151 Å². The molecular formula is C19H32N2O4. The fourth-order valence-electron chi connectivity index (χ4n) is 3.00. The van der Waals surface area contributed by atoms with Crippen molar-refractivity contribution in [2.75, 3.05) is 13.2 Å². The summed E-state index contributed by atoms with van der Waals surface area (Å²) in [4.78, 5) is 27.9. The smallest absolute Gasteiger partial charge is 0.412 e. The Hall–Kier alpha value is -1.82. The van der Waals surface area contributed by atoms with Crippen molar-refractivity contribution in [1.29, 1.82) is 0 Å². The zero-order valence-corrected chi connectivity index (χ0v) is 16.4. The third-order valence-corrected chi connectivity index (χ3v) is 4.08. The molecule has 0 spiro atoms. The average Bonchev–Trinajstić information content (AvgIpc) is 2.75. The van der Waals surface area contributed by atoms with Crippen LogP contribution in [-0.2, 0) is 14.3 Å². The zero-order valence-electron chi connectivity index (χ0n) is 16.4. The predicted octanol–water partition coefficient (Wildman–Crippen LogP) is 3.34. The van der Waals surface area contributed by atoms with Gasteiger partial charge in [-0.2, -0.15) is 0 Å². The molecule has 0 bridgehead atoms. The molecule has 2 atom stereocenters. The minimum atomic E-state index is -0.766. The summed E-state index contributed by atoms with van der Waals surface area (Å²) in [6.45, 7) is 19.1. The largest absolute Gasteiger partial charge is 0.444 e. The van der Waals surface area contributed by atoms with Crippen molar-refractivity contribution in [3.05, 3.63) is 25.3 Å². The lowest BCUT2D eigenvalue weighted by Gasteiger charge is -2.37. The molecule has 1 aliphatic heterocycles. The molecule has 25 heavy (non-hydrogen) atoms. The van der Waals surface area contributed by atoms with Crippen LogP contribution in [0.25, 0.3) is 0 Å². The third-order valence-electron chi connectivity index (χ3n) is 4.08. The van der Waals surface area contributed by atoms with Crippen LogP contribution in [0, 0.1) is 0 Å². The third kappa shape index (κ3) is 5.59. The van der Waals surface area contributed by atoms with Crippen LogP contribution in [0.1, 0.15) is 48.0 Å². The number of rotatable bonds is 6. The highest BCUT2D eigenvalue weighted by molar-refractivity contribution is 5.74. The Kier molecular flexibility index (Phi) is 6.82. The molecule has 1 fully saturated rings. The summed E-state index contributed by atoms with van der Waals surface area (Å²) in [6.07, 6.45) is 3.52.